The van der Waals surface area contributed by atoms with Gasteiger partial charge in [0, 0.05) is 5.56 Å². The number of nitrogens with zero attached hydrogens (tertiary/aromatic N) is 2. The number of carbonyl (C=O) groups is 1. The Balaban J connectivity index is 2.57. The molecule has 0 atom stereocenters. The Morgan fingerprint density at radius 2 is 2.16 bits per heavy atom. The van der Waals surface area contributed by atoms with E-state index in [-0.39, 0.29) is 5.15 Å². The third-order valence-corrected chi connectivity index (χ3v) is 2.84. The topological polar surface area (TPSA) is 52.1 Å². The van der Waals surface area contributed by atoms with Crippen LogP contribution in [0.15, 0.2) is 24.3 Å². The minimum atomic E-state index is 0.166. The zero-order valence-electron chi connectivity index (χ0n) is 10.7. The van der Waals surface area contributed by atoms with E-state index in [2.05, 4.69) is 9.97 Å². The first kappa shape index (κ1) is 13.5. The van der Waals surface area contributed by atoms with Crippen LogP contribution in [0.1, 0.15) is 23.1 Å². The predicted octanol–water partition coefficient (Wildman–Crippen LogP) is 3.32. The first-order valence-electron chi connectivity index (χ1n) is 5.88. The highest BCUT2D eigenvalue weighted by molar-refractivity contribution is 6.32. The lowest BCUT2D eigenvalue weighted by molar-refractivity contribution is 0.112. The van der Waals surface area contributed by atoms with E-state index in [9.17, 15) is 4.79 Å². The van der Waals surface area contributed by atoms with Crippen LogP contribution in [0.3, 0.4) is 0 Å². The van der Waals surface area contributed by atoms with Crippen LogP contribution < -0.4 is 4.74 Å². The van der Waals surface area contributed by atoms with Crippen LogP contribution in [0.4, 0.5) is 0 Å². The Hall–Kier alpha value is -1.94. The number of benzene rings is 1. The van der Waals surface area contributed by atoms with Crippen molar-refractivity contribution < 1.29 is 9.53 Å². The first-order valence-corrected chi connectivity index (χ1v) is 6.26. The molecule has 0 N–H and O–H groups in total. The van der Waals surface area contributed by atoms with Crippen LogP contribution >= 0.6 is 11.6 Å². The van der Waals surface area contributed by atoms with E-state index in [0.29, 0.717) is 30.0 Å². The molecule has 0 unspecified atom stereocenters. The molecule has 0 aliphatic rings. The van der Waals surface area contributed by atoms with Crippen LogP contribution in [-0.4, -0.2) is 22.9 Å². The Labute approximate surface area is 116 Å². The zero-order chi connectivity index (χ0) is 13.8. The van der Waals surface area contributed by atoms with E-state index in [1.807, 2.05) is 31.2 Å². The molecule has 0 aliphatic heterocycles. The Bertz CT molecular complexity index is 614. The molecule has 0 bridgehead atoms. The molecule has 0 aliphatic carbocycles. The lowest BCUT2D eigenvalue weighted by Crippen LogP contribution is -2.00. The van der Waals surface area contributed by atoms with Gasteiger partial charge in [-0.1, -0.05) is 23.7 Å². The van der Waals surface area contributed by atoms with Gasteiger partial charge in [0.25, 0.3) is 0 Å². The Morgan fingerprint density at radius 3 is 2.84 bits per heavy atom. The smallest absolute Gasteiger partial charge is 0.155 e. The molecule has 2 rings (SSSR count). The fourth-order valence-electron chi connectivity index (χ4n) is 1.77. The third-order valence-electron chi connectivity index (χ3n) is 2.55. The number of hydrogen-bond acceptors (Lipinski definition) is 4. The van der Waals surface area contributed by atoms with Crippen LogP contribution in [0.25, 0.3) is 11.3 Å². The van der Waals surface area contributed by atoms with Crippen molar-refractivity contribution in [1.29, 1.82) is 0 Å². The number of aldehydes is 1. The van der Waals surface area contributed by atoms with E-state index >= 15 is 0 Å². The molecule has 4 nitrogen and oxygen atoms in total. The first-order chi connectivity index (χ1) is 9.15. The molecule has 0 saturated carbocycles. The summed E-state index contributed by atoms with van der Waals surface area (Å²) in [6, 6.07) is 7.38. The molecule has 0 fully saturated rings. The van der Waals surface area contributed by atoms with Crippen molar-refractivity contribution in [2.75, 3.05) is 6.61 Å². The SMILES string of the molecule is CCOc1cccc(-c2nc(C)nc(Cl)c2C=O)c1. The maximum Gasteiger partial charge on any atom is 0.155 e. The zero-order valence-corrected chi connectivity index (χ0v) is 11.4. The predicted molar refractivity (Wildman–Crippen MR) is 73.8 cm³/mol. The average Bonchev–Trinajstić information content (AvgIpc) is 2.38. The lowest BCUT2D eigenvalue weighted by Gasteiger charge is -2.09. The van der Waals surface area contributed by atoms with Gasteiger partial charge in [-0.3, -0.25) is 4.79 Å². The highest BCUT2D eigenvalue weighted by Gasteiger charge is 2.13. The molecule has 1 heterocycles. The monoisotopic (exact) mass is 276 g/mol. The molecule has 5 heteroatoms. The van der Waals surface area contributed by atoms with Crippen molar-refractivity contribution >= 4 is 17.9 Å². The van der Waals surface area contributed by atoms with Gasteiger partial charge in [-0.05, 0) is 26.0 Å². The number of ether oxygens (including phenoxy) is 1. The van der Waals surface area contributed by atoms with Crippen molar-refractivity contribution in [3.8, 4) is 17.0 Å². The fraction of sp³-hybridized carbons (Fsp3) is 0.214. The maximum atomic E-state index is 11.1. The minimum absolute atomic E-state index is 0.166. The van der Waals surface area contributed by atoms with E-state index in [1.165, 1.54) is 0 Å². The largest absolute Gasteiger partial charge is 0.494 e. The molecule has 0 radical (unpaired) electrons. The Kier molecular flexibility index (Phi) is 4.12. The molecule has 98 valence electrons. The van der Waals surface area contributed by atoms with E-state index < -0.39 is 0 Å². The van der Waals surface area contributed by atoms with Gasteiger partial charge in [-0.2, -0.15) is 0 Å². The van der Waals surface area contributed by atoms with Crippen molar-refractivity contribution in [3.05, 3.63) is 40.8 Å². The van der Waals surface area contributed by atoms with E-state index in [1.54, 1.807) is 6.92 Å². The summed E-state index contributed by atoms with van der Waals surface area (Å²) < 4.78 is 5.44. The molecule has 19 heavy (non-hydrogen) atoms. The highest BCUT2D eigenvalue weighted by atomic mass is 35.5. The second-order valence-corrected chi connectivity index (χ2v) is 4.26. The summed E-state index contributed by atoms with van der Waals surface area (Å²) in [5, 5.41) is 0.166. The highest BCUT2D eigenvalue weighted by Crippen LogP contribution is 2.27. The molecule has 0 saturated heterocycles. The standard InChI is InChI=1S/C14H13ClN2O2/c1-3-19-11-6-4-5-10(7-11)13-12(8-18)14(15)17-9(2)16-13/h4-8H,3H2,1-2H3. The van der Waals surface area contributed by atoms with E-state index in [0.717, 1.165) is 11.3 Å². The summed E-state index contributed by atoms with van der Waals surface area (Å²) in [5.41, 5.74) is 1.59. The van der Waals surface area contributed by atoms with Gasteiger partial charge in [0.1, 0.15) is 16.7 Å². The van der Waals surface area contributed by atoms with Crippen LogP contribution in [-0.2, 0) is 0 Å². The molecule has 0 spiro atoms. The Morgan fingerprint density at radius 1 is 1.37 bits per heavy atom. The van der Waals surface area contributed by atoms with Gasteiger partial charge < -0.3 is 4.74 Å². The number of rotatable bonds is 4. The van der Waals surface area contributed by atoms with Gasteiger partial charge in [-0.25, -0.2) is 9.97 Å². The van der Waals surface area contributed by atoms with Gasteiger partial charge in [-0.15, -0.1) is 0 Å². The number of hydrogen-bond donors (Lipinski definition) is 0. The van der Waals surface area contributed by atoms with Crippen LogP contribution in [0.2, 0.25) is 5.15 Å². The van der Waals surface area contributed by atoms with Crippen molar-refractivity contribution in [2.24, 2.45) is 0 Å². The van der Waals surface area contributed by atoms with Gasteiger partial charge in [0.05, 0.1) is 17.9 Å². The summed E-state index contributed by atoms with van der Waals surface area (Å²) in [7, 11) is 0. The molecule has 0 amide bonds. The summed E-state index contributed by atoms with van der Waals surface area (Å²) in [5.74, 6) is 1.25. The summed E-state index contributed by atoms with van der Waals surface area (Å²) in [4.78, 5) is 19.4. The molecule has 1 aromatic carbocycles. The lowest BCUT2D eigenvalue weighted by atomic mass is 10.1. The minimum Gasteiger partial charge on any atom is -0.494 e. The van der Waals surface area contributed by atoms with Crippen LogP contribution in [0, 0.1) is 6.92 Å². The molecular weight excluding hydrogens is 264 g/mol. The average molecular weight is 277 g/mol. The fourth-order valence-corrected chi connectivity index (χ4v) is 2.03. The van der Waals surface area contributed by atoms with Crippen molar-refractivity contribution in [2.45, 2.75) is 13.8 Å². The number of carbonyl (C=O) groups excluding carboxylic acids is 1. The summed E-state index contributed by atoms with van der Waals surface area (Å²) >= 11 is 5.97. The maximum absolute atomic E-state index is 11.1. The van der Waals surface area contributed by atoms with Gasteiger partial charge >= 0.3 is 0 Å². The van der Waals surface area contributed by atoms with Gasteiger partial charge in [0.15, 0.2) is 6.29 Å². The number of aryl methyl sites for hydroxylation is 1. The second-order valence-electron chi connectivity index (χ2n) is 3.90. The second kappa shape index (κ2) is 5.80. The third kappa shape index (κ3) is 2.90. The molecular formula is C14H13ClN2O2. The molecule has 1 aromatic heterocycles. The molecule has 2 aromatic rings. The number of halogens is 1. The normalized spacial score (nSPS) is 10.3. The van der Waals surface area contributed by atoms with Gasteiger partial charge in [0.2, 0.25) is 0 Å². The summed E-state index contributed by atoms with van der Waals surface area (Å²) in [6.07, 6.45) is 0.671. The van der Waals surface area contributed by atoms with Crippen LogP contribution in [0.5, 0.6) is 5.75 Å². The van der Waals surface area contributed by atoms with E-state index in [4.69, 9.17) is 16.3 Å². The van der Waals surface area contributed by atoms with Crippen molar-refractivity contribution in [1.82, 2.24) is 9.97 Å². The summed E-state index contributed by atoms with van der Waals surface area (Å²) in [6.45, 7) is 4.22. The quantitative estimate of drug-likeness (QED) is 0.635. The van der Waals surface area contributed by atoms with Crippen molar-refractivity contribution in [3.63, 3.8) is 0 Å². The number of aromatic nitrogens is 2.